The zero-order valence-corrected chi connectivity index (χ0v) is 20.2. The van der Waals surface area contributed by atoms with Crippen LogP contribution in [0.5, 0.6) is 0 Å². The number of aryl methyl sites for hydroxylation is 2. The Hall–Kier alpha value is -2.67. The predicted octanol–water partition coefficient (Wildman–Crippen LogP) is 7.69. The summed E-state index contributed by atoms with van der Waals surface area (Å²) in [5.74, 6) is 0. The van der Waals surface area contributed by atoms with Crippen molar-refractivity contribution < 1.29 is 4.57 Å². The van der Waals surface area contributed by atoms with E-state index in [1.165, 1.54) is 70.3 Å². The fourth-order valence-electron chi connectivity index (χ4n) is 6.70. The molecular weight excluding hydrogens is 386 g/mol. The van der Waals surface area contributed by atoms with E-state index in [1.807, 2.05) is 0 Å². The number of nitrogens with zero attached hydrogens (tertiary/aromatic N) is 1. The maximum absolute atomic E-state index is 4.62. The molecule has 3 aromatic rings. The summed E-state index contributed by atoms with van der Waals surface area (Å²) in [4.78, 5) is 0. The molecule has 2 unspecified atom stereocenters. The zero-order chi connectivity index (χ0) is 22.5. The van der Waals surface area contributed by atoms with Gasteiger partial charge in [0.25, 0.3) is 0 Å². The van der Waals surface area contributed by atoms with Crippen molar-refractivity contribution in [2.45, 2.75) is 77.2 Å². The molecule has 2 aromatic carbocycles. The van der Waals surface area contributed by atoms with Gasteiger partial charge in [-0.2, -0.15) is 4.57 Å². The van der Waals surface area contributed by atoms with Crippen molar-refractivity contribution in [1.82, 2.24) is 0 Å². The van der Waals surface area contributed by atoms with Gasteiger partial charge in [0, 0.05) is 24.1 Å². The van der Waals surface area contributed by atoms with E-state index in [1.54, 1.807) is 0 Å². The van der Waals surface area contributed by atoms with Gasteiger partial charge in [-0.05, 0) is 66.1 Å². The zero-order valence-electron chi connectivity index (χ0n) is 20.2. The van der Waals surface area contributed by atoms with Crippen LogP contribution in [-0.2, 0) is 17.4 Å². The van der Waals surface area contributed by atoms with Gasteiger partial charge in [-0.15, -0.1) is 0 Å². The number of benzene rings is 2. The molecule has 1 heteroatoms. The molecule has 0 amide bonds. The average molecular weight is 423 g/mol. The molecule has 1 aliphatic heterocycles. The second-order valence-corrected chi connectivity index (χ2v) is 9.77. The van der Waals surface area contributed by atoms with E-state index < -0.39 is 0 Å². The van der Waals surface area contributed by atoms with E-state index in [2.05, 4.69) is 99.6 Å². The number of rotatable bonds is 7. The molecule has 1 fully saturated rings. The van der Waals surface area contributed by atoms with Crippen LogP contribution in [0.15, 0.2) is 72.9 Å². The van der Waals surface area contributed by atoms with Gasteiger partial charge in [0.05, 0.1) is 11.0 Å². The van der Waals surface area contributed by atoms with E-state index in [0.717, 1.165) is 12.8 Å². The first-order valence-corrected chi connectivity index (χ1v) is 12.5. The third-order valence-electron chi connectivity index (χ3n) is 8.41. The van der Waals surface area contributed by atoms with Crippen LogP contribution in [0.25, 0.3) is 22.4 Å². The fraction of sp³-hybridized carbons (Fsp3) is 0.387. The molecule has 0 radical (unpaired) electrons. The van der Waals surface area contributed by atoms with Gasteiger partial charge < -0.3 is 0 Å². The monoisotopic (exact) mass is 422 g/mol. The highest BCUT2D eigenvalue weighted by Gasteiger charge is 2.80. The lowest BCUT2D eigenvalue weighted by atomic mass is 9.78. The molecule has 164 valence electrons. The van der Waals surface area contributed by atoms with Gasteiger partial charge >= 0.3 is 0 Å². The fourth-order valence-corrected chi connectivity index (χ4v) is 6.70. The normalized spacial score (nSPS) is 22.8. The van der Waals surface area contributed by atoms with Crippen LogP contribution in [0.4, 0.5) is 0 Å². The topological polar surface area (TPSA) is 3.88 Å². The van der Waals surface area contributed by atoms with Crippen molar-refractivity contribution >= 4 is 0 Å². The van der Waals surface area contributed by atoms with E-state index >= 15 is 0 Å². The van der Waals surface area contributed by atoms with Gasteiger partial charge in [-0.25, -0.2) is 0 Å². The lowest BCUT2D eigenvalue weighted by molar-refractivity contribution is -0.731. The van der Waals surface area contributed by atoms with Crippen LogP contribution in [-0.4, -0.2) is 0 Å². The second kappa shape index (κ2) is 7.73. The first-order valence-electron chi connectivity index (χ1n) is 12.5. The Bertz CT molecular complexity index is 1200. The molecule has 0 saturated heterocycles. The van der Waals surface area contributed by atoms with Gasteiger partial charge in [0.15, 0.2) is 6.20 Å². The number of aromatic nitrogens is 1. The summed E-state index contributed by atoms with van der Waals surface area (Å²) in [5.41, 5.74) is 11.2. The quantitative estimate of drug-likeness (QED) is 0.209. The molecular formula is C31H36N+. The summed E-state index contributed by atoms with van der Waals surface area (Å²) >= 11 is 0. The van der Waals surface area contributed by atoms with Gasteiger partial charge in [0.2, 0.25) is 11.2 Å². The minimum Gasteiger partial charge on any atom is -0.188 e. The molecule has 2 aliphatic rings. The Labute approximate surface area is 193 Å². The predicted molar refractivity (Wildman–Crippen MR) is 135 cm³/mol. The molecule has 1 aromatic heterocycles. The molecule has 2 heterocycles. The van der Waals surface area contributed by atoms with E-state index in [4.69, 9.17) is 0 Å². The molecule has 1 aliphatic carbocycles. The van der Waals surface area contributed by atoms with Crippen molar-refractivity contribution in [2.75, 3.05) is 0 Å². The molecule has 1 saturated carbocycles. The van der Waals surface area contributed by atoms with Crippen molar-refractivity contribution in [3.05, 3.63) is 89.6 Å². The highest BCUT2D eigenvalue weighted by Crippen LogP contribution is 2.71. The minimum atomic E-state index is 0.0297. The standard InChI is InChI=1S/C31H36N/c1-6-9-10-13-24-16-15-22(4)26(20-24)25-17-18-28-27(21-25)29-14-11-12-19-32(29)31(8-3)23(5)30(28,31)7-2/h11-12,14-21H,5-10,13H2,1-4H3/q+1. The number of allylic oxidation sites excluding steroid dienone is 1. The smallest absolute Gasteiger partial charge is 0.188 e. The third kappa shape index (κ3) is 2.66. The lowest BCUT2D eigenvalue weighted by Crippen LogP contribution is -2.54. The minimum absolute atomic E-state index is 0.0297. The van der Waals surface area contributed by atoms with E-state index in [-0.39, 0.29) is 11.0 Å². The van der Waals surface area contributed by atoms with Crippen LogP contribution in [0.1, 0.15) is 69.6 Å². The average Bonchev–Trinajstić information content (AvgIpc) is 3.40. The molecule has 0 spiro atoms. The molecule has 5 rings (SSSR count). The van der Waals surface area contributed by atoms with Gasteiger partial charge in [-0.1, -0.05) is 70.5 Å². The SMILES string of the molecule is C=C1C2(CC)c3ccc(-c4cc(CCCCC)ccc4C)cc3-c3cccc[n+]3C12CC. The maximum atomic E-state index is 4.62. The van der Waals surface area contributed by atoms with Crippen LogP contribution in [0, 0.1) is 6.92 Å². The number of fused-ring (bicyclic) bond motifs is 6. The van der Waals surface area contributed by atoms with Crippen LogP contribution in [0.2, 0.25) is 0 Å². The molecule has 1 nitrogen and oxygen atoms in total. The molecule has 0 bridgehead atoms. The van der Waals surface area contributed by atoms with Crippen molar-refractivity contribution in [3.63, 3.8) is 0 Å². The summed E-state index contributed by atoms with van der Waals surface area (Å²) in [5, 5.41) is 0. The number of hydrogen-bond donors (Lipinski definition) is 0. The summed E-state index contributed by atoms with van der Waals surface area (Å²) in [7, 11) is 0. The summed E-state index contributed by atoms with van der Waals surface area (Å²) < 4.78 is 2.53. The molecule has 2 atom stereocenters. The van der Waals surface area contributed by atoms with Crippen LogP contribution < -0.4 is 4.57 Å². The Kier molecular flexibility index (Phi) is 5.12. The van der Waals surface area contributed by atoms with Crippen molar-refractivity contribution in [1.29, 1.82) is 0 Å². The Morgan fingerprint density at radius 3 is 2.47 bits per heavy atom. The second-order valence-electron chi connectivity index (χ2n) is 9.77. The number of unbranched alkanes of at least 4 members (excludes halogenated alkanes) is 2. The van der Waals surface area contributed by atoms with Gasteiger partial charge in [0.1, 0.15) is 0 Å². The summed E-state index contributed by atoms with van der Waals surface area (Å²) in [6.07, 6.45) is 9.47. The summed E-state index contributed by atoms with van der Waals surface area (Å²) in [6, 6.07) is 20.9. The Morgan fingerprint density at radius 1 is 0.875 bits per heavy atom. The lowest BCUT2D eigenvalue weighted by Gasteiger charge is -2.28. The maximum Gasteiger partial charge on any atom is 0.213 e. The van der Waals surface area contributed by atoms with Crippen molar-refractivity contribution in [2.24, 2.45) is 0 Å². The van der Waals surface area contributed by atoms with Crippen LogP contribution >= 0.6 is 0 Å². The number of hydrogen-bond acceptors (Lipinski definition) is 0. The van der Waals surface area contributed by atoms with Crippen molar-refractivity contribution in [3.8, 4) is 22.4 Å². The van der Waals surface area contributed by atoms with Gasteiger partial charge in [-0.3, -0.25) is 0 Å². The van der Waals surface area contributed by atoms with Crippen LogP contribution in [0.3, 0.4) is 0 Å². The highest BCUT2D eigenvalue weighted by atomic mass is 15.2. The number of pyridine rings is 1. The molecule has 32 heavy (non-hydrogen) atoms. The Balaban J connectivity index is 1.66. The Morgan fingerprint density at radius 2 is 1.72 bits per heavy atom. The highest BCUT2D eigenvalue weighted by molar-refractivity contribution is 5.80. The van der Waals surface area contributed by atoms with E-state index in [0.29, 0.717) is 0 Å². The third-order valence-corrected chi connectivity index (χ3v) is 8.41. The first-order chi connectivity index (χ1) is 15.5. The van der Waals surface area contributed by atoms with E-state index in [9.17, 15) is 0 Å². The first kappa shape index (κ1) is 21.2. The summed E-state index contributed by atoms with van der Waals surface area (Å²) in [6.45, 7) is 13.8. The molecule has 0 N–H and O–H groups in total. The largest absolute Gasteiger partial charge is 0.213 e.